The maximum absolute atomic E-state index is 12.3. The molecule has 5 heteroatoms. The average Bonchev–Trinajstić information content (AvgIpc) is 2.61. The molecule has 130 valence electrons. The highest BCUT2D eigenvalue weighted by atomic mass is 16.5. The number of carbonyl (C=O) groups excluding carboxylic acids is 2. The van der Waals surface area contributed by atoms with Crippen molar-refractivity contribution in [3.05, 3.63) is 59.7 Å². The lowest BCUT2D eigenvalue weighted by molar-refractivity contribution is -0.122. The van der Waals surface area contributed by atoms with Crippen LogP contribution >= 0.6 is 0 Å². The van der Waals surface area contributed by atoms with Crippen molar-refractivity contribution >= 4 is 17.5 Å². The molecule has 0 fully saturated rings. The molecule has 0 radical (unpaired) electrons. The molecule has 0 bridgehead atoms. The van der Waals surface area contributed by atoms with Gasteiger partial charge in [-0.1, -0.05) is 36.4 Å². The van der Waals surface area contributed by atoms with Gasteiger partial charge in [0, 0.05) is 13.0 Å². The van der Waals surface area contributed by atoms with Crippen molar-refractivity contribution in [2.24, 2.45) is 0 Å². The number of hydrogen-bond acceptors (Lipinski definition) is 3. The van der Waals surface area contributed by atoms with Gasteiger partial charge in [0.15, 0.2) is 6.61 Å². The molecule has 0 spiro atoms. The SMILES string of the molecule is Cc1ccccc1C(C)NC(=O)CCN1C(=O)COc2ccccc21. The quantitative estimate of drug-likeness (QED) is 0.912. The second-order valence-corrected chi connectivity index (χ2v) is 6.20. The number of hydrogen-bond donors (Lipinski definition) is 1. The van der Waals surface area contributed by atoms with Crippen LogP contribution in [-0.4, -0.2) is 25.0 Å². The Balaban J connectivity index is 1.61. The number of aryl methyl sites for hydroxylation is 1. The van der Waals surface area contributed by atoms with Crippen molar-refractivity contribution in [3.63, 3.8) is 0 Å². The minimum atomic E-state index is -0.126. The number of ether oxygens (including phenoxy) is 1. The van der Waals surface area contributed by atoms with Gasteiger partial charge >= 0.3 is 0 Å². The highest BCUT2D eigenvalue weighted by molar-refractivity contribution is 5.98. The Kier molecular flexibility index (Phi) is 5.03. The van der Waals surface area contributed by atoms with Crippen LogP contribution in [0.4, 0.5) is 5.69 Å². The molecule has 25 heavy (non-hydrogen) atoms. The van der Waals surface area contributed by atoms with Crippen LogP contribution in [0.5, 0.6) is 5.75 Å². The van der Waals surface area contributed by atoms with Crippen LogP contribution in [-0.2, 0) is 9.59 Å². The van der Waals surface area contributed by atoms with E-state index in [1.165, 1.54) is 0 Å². The van der Waals surface area contributed by atoms with Gasteiger partial charge < -0.3 is 15.0 Å². The zero-order valence-corrected chi connectivity index (χ0v) is 14.5. The monoisotopic (exact) mass is 338 g/mol. The molecule has 3 rings (SSSR count). The number of nitrogens with zero attached hydrogens (tertiary/aromatic N) is 1. The largest absolute Gasteiger partial charge is 0.482 e. The van der Waals surface area contributed by atoms with Crippen molar-refractivity contribution in [3.8, 4) is 5.75 Å². The van der Waals surface area contributed by atoms with Crippen molar-refractivity contribution in [2.45, 2.75) is 26.3 Å². The molecule has 1 unspecified atom stereocenters. The van der Waals surface area contributed by atoms with Gasteiger partial charge in [-0.05, 0) is 37.1 Å². The first kappa shape index (κ1) is 17.0. The van der Waals surface area contributed by atoms with Gasteiger partial charge in [-0.15, -0.1) is 0 Å². The minimum Gasteiger partial charge on any atom is -0.482 e. The Hall–Kier alpha value is -2.82. The first-order valence-electron chi connectivity index (χ1n) is 8.43. The average molecular weight is 338 g/mol. The van der Waals surface area contributed by atoms with Crippen LogP contribution in [0.1, 0.15) is 30.5 Å². The van der Waals surface area contributed by atoms with E-state index < -0.39 is 0 Å². The summed E-state index contributed by atoms with van der Waals surface area (Å²) in [6.45, 7) is 4.35. The predicted molar refractivity (Wildman–Crippen MR) is 96.6 cm³/mol. The van der Waals surface area contributed by atoms with Crippen molar-refractivity contribution < 1.29 is 14.3 Å². The summed E-state index contributed by atoms with van der Waals surface area (Å²) in [7, 11) is 0. The van der Waals surface area contributed by atoms with E-state index in [2.05, 4.69) is 5.32 Å². The number of benzene rings is 2. The van der Waals surface area contributed by atoms with Gasteiger partial charge in [-0.2, -0.15) is 0 Å². The molecule has 0 aliphatic carbocycles. The fourth-order valence-corrected chi connectivity index (χ4v) is 3.08. The summed E-state index contributed by atoms with van der Waals surface area (Å²) in [4.78, 5) is 26.1. The van der Waals surface area contributed by atoms with Gasteiger partial charge in [-0.3, -0.25) is 9.59 Å². The van der Waals surface area contributed by atoms with Crippen LogP contribution in [0.2, 0.25) is 0 Å². The second-order valence-electron chi connectivity index (χ2n) is 6.20. The Morgan fingerprint density at radius 1 is 1.20 bits per heavy atom. The van der Waals surface area contributed by atoms with Crippen molar-refractivity contribution in [1.29, 1.82) is 0 Å². The van der Waals surface area contributed by atoms with E-state index in [1.54, 1.807) is 4.90 Å². The summed E-state index contributed by atoms with van der Waals surface area (Å²) in [5.41, 5.74) is 2.97. The third-order valence-electron chi connectivity index (χ3n) is 4.40. The summed E-state index contributed by atoms with van der Waals surface area (Å²) in [6, 6.07) is 15.3. The molecular formula is C20H22N2O3. The molecule has 1 atom stereocenters. The molecule has 1 aliphatic heterocycles. The van der Waals surface area contributed by atoms with E-state index in [-0.39, 0.29) is 30.9 Å². The minimum absolute atomic E-state index is 0.0121. The number of nitrogens with one attached hydrogen (secondary N) is 1. The summed E-state index contributed by atoms with van der Waals surface area (Å²) in [5.74, 6) is 0.474. The maximum Gasteiger partial charge on any atom is 0.265 e. The van der Waals surface area contributed by atoms with Gasteiger partial charge in [0.25, 0.3) is 5.91 Å². The molecular weight excluding hydrogens is 316 g/mol. The normalized spacial score (nSPS) is 14.5. The van der Waals surface area contributed by atoms with E-state index in [0.717, 1.165) is 16.8 Å². The van der Waals surface area contributed by atoms with Gasteiger partial charge in [0.2, 0.25) is 5.91 Å². The Labute approximate surface area is 147 Å². The van der Waals surface area contributed by atoms with E-state index in [1.807, 2.05) is 62.4 Å². The highest BCUT2D eigenvalue weighted by Crippen LogP contribution is 2.31. The number of fused-ring (bicyclic) bond motifs is 1. The zero-order valence-electron chi connectivity index (χ0n) is 14.5. The molecule has 2 amide bonds. The number of para-hydroxylation sites is 2. The lowest BCUT2D eigenvalue weighted by Gasteiger charge is -2.29. The number of anilines is 1. The Bertz CT molecular complexity index is 788. The highest BCUT2D eigenvalue weighted by Gasteiger charge is 2.25. The lowest BCUT2D eigenvalue weighted by atomic mass is 10.0. The molecule has 2 aromatic carbocycles. The Morgan fingerprint density at radius 3 is 2.72 bits per heavy atom. The van der Waals surface area contributed by atoms with Crippen LogP contribution in [0, 0.1) is 6.92 Å². The maximum atomic E-state index is 12.3. The fourth-order valence-electron chi connectivity index (χ4n) is 3.08. The first-order chi connectivity index (χ1) is 12.1. The number of rotatable bonds is 5. The van der Waals surface area contributed by atoms with Gasteiger partial charge in [-0.25, -0.2) is 0 Å². The van der Waals surface area contributed by atoms with Crippen LogP contribution in [0.15, 0.2) is 48.5 Å². The van der Waals surface area contributed by atoms with Crippen LogP contribution in [0.3, 0.4) is 0 Å². The molecule has 1 N–H and O–H groups in total. The fraction of sp³-hybridized carbons (Fsp3) is 0.300. The Morgan fingerprint density at radius 2 is 1.92 bits per heavy atom. The predicted octanol–water partition coefficient (Wildman–Crippen LogP) is 2.99. The van der Waals surface area contributed by atoms with Crippen LogP contribution < -0.4 is 15.0 Å². The standard InChI is InChI=1S/C20H22N2O3/c1-14-7-3-4-8-16(14)15(2)21-19(23)11-12-22-17-9-5-6-10-18(17)25-13-20(22)24/h3-10,15H,11-13H2,1-2H3,(H,21,23). The first-order valence-corrected chi connectivity index (χ1v) is 8.43. The summed E-state index contributed by atoms with van der Waals surface area (Å²) >= 11 is 0. The third-order valence-corrected chi connectivity index (χ3v) is 4.40. The summed E-state index contributed by atoms with van der Waals surface area (Å²) < 4.78 is 5.42. The van der Waals surface area contributed by atoms with Gasteiger partial charge in [0.1, 0.15) is 5.75 Å². The summed E-state index contributed by atoms with van der Waals surface area (Å²) in [6.07, 6.45) is 0.246. The zero-order chi connectivity index (χ0) is 17.8. The van der Waals surface area contributed by atoms with E-state index in [9.17, 15) is 9.59 Å². The lowest BCUT2D eigenvalue weighted by Crippen LogP contribution is -2.41. The summed E-state index contributed by atoms with van der Waals surface area (Å²) in [5, 5.41) is 3.01. The third kappa shape index (κ3) is 3.82. The second kappa shape index (κ2) is 7.38. The smallest absolute Gasteiger partial charge is 0.265 e. The molecule has 1 aliphatic rings. The van der Waals surface area contributed by atoms with Crippen LogP contribution in [0.25, 0.3) is 0 Å². The van der Waals surface area contributed by atoms with E-state index >= 15 is 0 Å². The molecule has 0 saturated heterocycles. The number of amides is 2. The molecule has 0 aromatic heterocycles. The molecule has 0 saturated carbocycles. The molecule has 1 heterocycles. The van der Waals surface area contributed by atoms with Gasteiger partial charge in [0.05, 0.1) is 11.7 Å². The van der Waals surface area contributed by atoms with E-state index in [4.69, 9.17) is 4.74 Å². The number of carbonyl (C=O) groups is 2. The van der Waals surface area contributed by atoms with E-state index in [0.29, 0.717) is 12.3 Å². The van der Waals surface area contributed by atoms with Crippen molar-refractivity contribution in [2.75, 3.05) is 18.1 Å². The topological polar surface area (TPSA) is 58.6 Å². The van der Waals surface area contributed by atoms with Crippen molar-refractivity contribution in [1.82, 2.24) is 5.32 Å². The molecule has 2 aromatic rings. The molecule has 5 nitrogen and oxygen atoms in total.